The lowest BCUT2D eigenvalue weighted by molar-refractivity contribution is 0.0901. The van der Waals surface area contributed by atoms with Crippen molar-refractivity contribution in [1.82, 2.24) is 20.2 Å². The molecule has 1 aromatic carbocycles. The molecule has 156 valence electrons. The second kappa shape index (κ2) is 9.04. The lowest BCUT2D eigenvalue weighted by Gasteiger charge is -2.35. The van der Waals surface area contributed by atoms with Gasteiger partial charge in [0, 0.05) is 56.7 Å². The molecule has 0 bridgehead atoms. The number of benzene rings is 1. The summed E-state index contributed by atoms with van der Waals surface area (Å²) in [5.41, 5.74) is 0.726. The highest BCUT2D eigenvalue weighted by molar-refractivity contribution is 5.92. The van der Waals surface area contributed by atoms with E-state index in [2.05, 4.69) is 25.1 Å². The summed E-state index contributed by atoms with van der Waals surface area (Å²) >= 11 is 0. The highest BCUT2D eigenvalue weighted by atomic mass is 19.1. The number of furan rings is 1. The molecule has 0 spiro atoms. The van der Waals surface area contributed by atoms with Gasteiger partial charge >= 0.3 is 0 Å². The van der Waals surface area contributed by atoms with Crippen LogP contribution in [0.15, 0.2) is 59.3 Å². The number of amides is 1. The quantitative estimate of drug-likeness (QED) is 0.675. The largest absolute Gasteiger partial charge is 0.451 e. The van der Waals surface area contributed by atoms with E-state index in [0.717, 1.165) is 44.2 Å². The molecule has 8 heteroatoms. The number of nitrogens with zero attached hydrogens (tertiary/aromatic N) is 4. The minimum atomic E-state index is -0.311. The van der Waals surface area contributed by atoms with E-state index in [1.54, 1.807) is 36.7 Å². The summed E-state index contributed by atoms with van der Waals surface area (Å²) in [6, 6.07) is 11.1. The van der Waals surface area contributed by atoms with Gasteiger partial charge in [-0.25, -0.2) is 14.4 Å². The van der Waals surface area contributed by atoms with Crippen LogP contribution in [-0.4, -0.2) is 59.5 Å². The summed E-state index contributed by atoms with van der Waals surface area (Å²) < 4.78 is 18.7. The number of carbonyl (C=O) groups is 1. The molecule has 1 atom stereocenters. The van der Waals surface area contributed by atoms with Crippen LogP contribution in [0.3, 0.4) is 0 Å². The molecule has 1 aliphatic rings. The van der Waals surface area contributed by atoms with Crippen LogP contribution in [0.4, 0.5) is 10.3 Å². The summed E-state index contributed by atoms with van der Waals surface area (Å²) in [6.45, 7) is 6.20. The molecule has 2 aromatic heterocycles. The Morgan fingerprint density at radius 3 is 2.50 bits per heavy atom. The Morgan fingerprint density at radius 1 is 1.10 bits per heavy atom. The maximum Gasteiger partial charge on any atom is 0.287 e. The Balaban J connectivity index is 1.27. The number of rotatable bonds is 6. The molecule has 3 heterocycles. The van der Waals surface area contributed by atoms with E-state index in [-0.39, 0.29) is 23.5 Å². The van der Waals surface area contributed by atoms with E-state index in [0.29, 0.717) is 5.76 Å². The molecule has 1 N–H and O–H groups in total. The van der Waals surface area contributed by atoms with E-state index in [4.69, 9.17) is 4.42 Å². The summed E-state index contributed by atoms with van der Waals surface area (Å²) in [5.74, 6) is 0.967. The molecule has 0 radical (unpaired) electrons. The van der Waals surface area contributed by atoms with Crippen LogP contribution >= 0.6 is 0 Å². The smallest absolute Gasteiger partial charge is 0.287 e. The van der Waals surface area contributed by atoms with Crippen molar-refractivity contribution in [3.63, 3.8) is 0 Å². The number of piperazine rings is 1. The number of hydrogen-bond acceptors (Lipinski definition) is 6. The van der Waals surface area contributed by atoms with Crippen molar-refractivity contribution in [3.8, 4) is 11.3 Å². The second-order valence-electron chi connectivity index (χ2n) is 7.38. The van der Waals surface area contributed by atoms with Gasteiger partial charge in [0.2, 0.25) is 5.95 Å². The SMILES string of the molecule is CC(CN1CCN(c2ncccn2)CC1)NC(=O)c1ccc(-c2ccc(F)cc2)o1. The van der Waals surface area contributed by atoms with E-state index in [1.165, 1.54) is 12.1 Å². The van der Waals surface area contributed by atoms with E-state index in [1.807, 2.05) is 13.0 Å². The summed E-state index contributed by atoms with van der Waals surface area (Å²) in [6.07, 6.45) is 3.50. The molecule has 3 aromatic rings. The van der Waals surface area contributed by atoms with Crippen LogP contribution in [0, 0.1) is 5.82 Å². The fraction of sp³-hybridized carbons (Fsp3) is 0.318. The van der Waals surface area contributed by atoms with E-state index in [9.17, 15) is 9.18 Å². The number of nitrogens with one attached hydrogen (secondary N) is 1. The van der Waals surface area contributed by atoms with E-state index >= 15 is 0 Å². The maximum atomic E-state index is 13.1. The molecule has 1 unspecified atom stereocenters. The third-order valence-electron chi connectivity index (χ3n) is 5.08. The minimum Gasteiger partial charge on any atom is -0.451 e. The highest BCUT2D eigenvalue weighted by Crippen LogP contribution is 2.22. The van der Waals surface area contributed by atoms with Crippen molar-refractivity contribution in [2.24, 2.45) is 0 Å². The normalized spacial score (nSPS) is 15.7. The van der Waals surface area contributed by atoms with Gasteiger partial charge in [0.25, 0.3) is 5.91 Å². The third-order valence-corrected chi connectivity index (χ3v) is 5.08. The van der Waals surface area contributed by atoms with Crippen LogP contribution in [0.25, 0.3) is 11.3 Å². The summed E-state index contributed by atoms with van der Waals surface area (Å²) in [7, 11) is 0. The second-order valence-corrected chi connectivity index (χ2v) is 7.38. The Kier molecular flexibility index (Phi) is 6.04. The molecule has 7 nitrogen and oxygen atoms in total. The van der Waals surface area contributed by atoms with Gasteiger partial charge in [0.1, 0.15) is 11.6 Å². The van der Waals surface area contributed by atoms with Crippen LogP contribution < -0.4 is 10.2 Å². The van der Waals surface area contributed by atoms with Crippen LogP contribution in [0.5, 0.6) is 0 Å². The molecule has 0 saturated carbocycles. The standard InChI is InChI=1S/C22H24FN5O2/c1-16(15-27-11-13-28(14-12-27)22-24-9-2-10-25-22)26-21(29)20-8-7-19(30-20)17-3-5-18(23)6-4-17/h2-10,16H,11-15H2,1H3,(H,26,29). The summed E-state index contributed by atoms with van der Waals surface area (Å²) in [5, 5.41) is 2.99. The first-order valence-electron chi connectivity index (χ1n) is 9.99. The molecular weight excluding hydrogens is 385 g/mol. The number of halogens is 1. The zero-order chi connectivity index (χ0) is 20.9. The van der Waals surface area contributed by atoms with Gasteiger partial charge in [-0.15, -0.1) is 0 Å². The van der Waals surface area contributed by atoms with Crippen molar-refractivity contribution in [2.75, 3.05) is 37.6 Å². The fourth-order valence-electron chi connectivity index (χ4n) is 3.54. The first-order chi connectivity index (χ1) is 14.6. The molecule has 1 aliphatic heterocycles. The number of hydrogen-bond donors (Lipinski definition) is 1. The van der Waals surface area contributed by atoms with Crippen molar-refractivity contribution < 1.29 is 13.6 Å². The van der Waals surface area contributed by atoms with Gasteiger partial charge in [-0.05, 0) is 49.4 Å². The predicted molar refractivity (Wildman–Crippen MR) is 112 cm³/mol. The Morgan fingerprint density at radius 2 is 1.80 bits per heavy atom. The molecule has 30 heavy (non-hydrogen) atoms. The zero-order valence-corrected chi connectivity index (χ0v) is 16.8. The maximum absolute atomic E-state index is 13.1. The fourth-order valence-corrected chi connectivity index (χ4v) is 3.54. The number of aromatic nitrogens is 2. The van der Waals surface area contributed by atoms with Crippen molar-refractivity contribution in [2.45, 2.75) is 13.0 Å². The first-order valence-corrected chi connectivity index (χ1v) is 9.99. The van der Waals surface area contributed by atoms with Gasteiger partial charge in [-0.3, -0.25) is 9.69 Å². The van der Waals surface area contributed by atoms with Crippen molar-refractivity contribution in [3.05, 3.63) is 66.4 Å². The van der Waals surface area contributed by atoms with Crippen molar-refractivity contribution in [1.29, 1.82) is 0 Å². The lowest BCUT2D eigenvalue weighted by atomic mass is 10.2. The number of carbonyl (C=O) groups excluding carboxylic acids is 1. The minimum absolute atomic E-state index is 0.0311. The molecule has 1 amide bonds. The van der Waals surface area contributed by atoms with E-state index < -0.39 is 0 Å². The Bertz CT molecular complexity index is 969. The molecule has 1 saturated heterocycles. The average molecular weight is 409 g/mol. The van der Waals surface area contributed by atoms with Crippen LogP contribution in [-0.2, 0) is 0 Å². The molecule has 0 aliphatic carbocycles. The average Bonchev–Trinajstić information content (AvgIpc) is 3.26. The highest BCUT2D eigenvalue weighted by Gasteiger charge is 2.21. The molecule has 1 fully saturated rings. The predicted octanol–water partition coefficient (Wildman–Crippen LogP) is 2.82. The lowest BCUT2D eigenvalue weighted by Crippen LogP contribution is -2.51. The third kappa shape index (κ3) is 4.83. The van der Waals surface area contributed by atoms with Gasteiger partial charge in [-0.2, -0.15) is 0 Å². The zero-order valence-electron chi connectivity index (χ0n) is 16.8. The molecular formula is C22H24FN5O2. The first kappa shape index (κ1) is 20.0. The number of anilines is 1. The van der Waals surface area contributed by atoms with Gasteiger partial charge in [-0.1, -0.05) is 0 Å². The van der Waals surface area contributed by atoms with Gasteiger partial charge < -0.3 is 14.6 Å². The monoisotopic (exact) mass is 409 g/mol. The summed E-state index contributed by atoms with van der Waals surface area (Å²) in [4.78, 5) is 25.6. The Hall–Kier alpha value is -3.26. The van der Waals surface area contributed by atoms with Gasteiger partial charge in [0.05, 0.1) is 0 Å². The molecule has 4 rings (SSSR count). The van der Waals surface area contributed by atoms with Crippen LogP contribution in [0.2, 0.25) is 0 Å². The van der Waals surface area contributed by atoms with Gasteiger partial charge in [0.15, 0.2) is 5.76 Å². The Labute approximate surface area is 174 Å². The topological polar surface area (TPSA) is 74.5 Å². The van der Waals surface area contributed by atoms with Crippen LogP contribution in [0.1, 0.15) is 17.5 Å². The van der Waals surface area contributed by atoms with Crippen molar-refractivity contribution >= 4 is 11.9 Å².